The SMILES string of the molecule is C=CC(O)N1CCN(c2ncnc3cc(-c4ccccc4C4(C(N)=O)CC4)c(Cl)cc23)CC1. The third kappa shape index (κ3) is 3.76. The van der Waals surface area contributed by atoms with Gasteiger partial charge in [-0.25, -0.2) is 9.97 Å². The Morgan fingerprint density at radius 1 is 1.15 bits per heavy atom. The molecule has 2 heterocycles. The van der Waals surface area contributed by atoms with Crippen LogP contribution in [0, 0.1) is 0 Å². The standard InChI is InChI=1S/C25H26ClN5O2/c1-2-22(32)30-9-11-31(12-10-30)23-18-13-20(26)17(14-21(18)28-15-29-23)16-5-3-4-6-19(16)25(7-8-25)24(27)33/h2-6,13-15,22,32H,1,7-12H2,(H2,27,33). The minimum Gasteiger partial charge on any atom is -0.375 e. The van der Waals surface area contributed by atoms with Crippen molar-refractivity contribution in [1.82, 2.24) is 14.9 Å². The van der Waals surface area contributed by atoms with Crippen LogP contribution in [-0.2, 0) is 10.2 Å². The molecule has 1 aromatic heterocycles. The van der Waals surface area contributed by atoms with Crippen molar-refractivity contribution in [1.29, 1.82) is 0 Å². The number of hydrogen-bond acceptors (Lipinski definition) is 6. The summed E-state index contributed by atoms with van der Waals surface area (Å²) in [6, 6.07) is 11.7. The lowest BCUT2D eigenvalue weighted by Gasteiger charge is -2.37. The van der Waals surface area contributed by atoms with Crippen molar-refractivity contribution < 1.29 is 9.90 Å². The van der Waals surface area contributed by atoms with E-state index in [1.807, 2.05) is 41.3 Å². The van der Waals surface area contributed by atoms with Crippen LogP contribution in [-0.4, -0.2) is 58.3 Å². The molecule has 0 spiro atoms. The van der Waals surface area contributed by atoms with Gasteiger partial charge in [-0.05, 0) is 42.2 Å². The lowest BCUT2D eigenvalue weighted by Crippen LogP contribution is -2.50. The number of rotatable bonds is 6. The normalized spacial score (nSPS) is 18.8. The van der Waals surface area contributed by atoms with Gasteiger partial charge in [0, 0.05) is 42.2 Å². The Labute approximate surface area is 197 Å². The van der Waals surface area contributed by atoms with Gasteiger partial charge in [-0.3, -0.25) is 9.69 Å². The van der Waals surface area contributed by atoms with E-state index in [0.717, 1.165) is 59.3 Å². The molecule has 1 atom stereocenters. The minimum absolute atomic E-state index is 0.294. The van der Waals surface area contributed by atoms with Crippen LogP contribution in [0.2, 0.25) is 5.02 Å². The number of primary amides is 1. The summed E-state index contributed by atoms with van der Waals surface area (Å²) < 4.78 is 0. The van der Waals surface area contributed by atoms with Crippen molar-refractivity contribution in [3.63, 3.8) is 0 Å². The first-order chi connectivity index (χ1) is 15.9. The zero-order valence-electron chi connectivity index (χ0n) is 18.2. The first-order valence-electron chi connectivity index (χ1n) is 11.1. The molecule has 3 aromatic rings. The van der Waals surface area contributed by atoms with Crippen LogP contribution >= 0.6 is 11.6 Å². The fraction of sp³-hybridized carbons (Fsp3) is 0.320. The number of halogens is 1. The molecular weight excluding hydrogens is 438 g/mol. The number of nitrogens with two attached hydrogens (primary N) is 1. The molecule has 170 valence electrons. The van der Waals surface area contributed by atoms with E-state index in [2.05, 4.69) is 21.4 Å². The van der Waals surface area contributed by atoms with Gasteiger partial charge in [-0.15, -0.1) is 0 Å². The maximum absolute atomic E-state index is 12.2. The second kappa shape index (κ2) is 8.41. The second-order valence-electron chi connectivity index (χ2n) is 8.71. The summed E-state index contributed by atoms with van der Waals surface area (Å²) in [7, 11) is 0. The first-order valence-corrected chi connectivity index (χ1v) is 11.5. The van der Waals surface area contributed by atoms with Crippen LogP contribution in [0.3, 0.4) is 0 Å². The van der Waals surface area contributed by atoms with Crippen molar-refractivity contribution in [3.05, 3.63) is 66.0 Å². The monoisotopic (exact) mass is 463 g/mol. The van der Waals surface area contributed by atoms with Gasteiger partial charge in [-0.2, -0.15) is 0 Å². The number of aromatic nitrogens is 2. The topological polar surface area (TPSA) is 95.6 Å². The number of carbonyl (C=O) groups excluding carboxylic acids is 1. The molecular formula is C25H26ClN5O2. The summed E-state index contributed by atoms with van der Waals surface area (Å²) in [4.78, 5) is 25.4. The highest BCUT2D eigenvalue weighted by Crippen LogP contribution is 2.51. The molecule has 1 amide bonds. The van der Waals surface area contributed by atoms with E-state index < -0.39 is 11.6 Å². The van der Waals surface area contributed by atoms with E-state index >= 15 is 0 Å². The highest BCUT2D eigenvalue weighted by molar-refractivity contribution is 6.34. The van der Waals surface area contributed by atoms with Crippen molar-refractivity contribution in [2.24, 2.45) is 5.73 Å². The highest BCUT2D eigenvalue weighted by atomic mass is 35.5. The number of hydrogen-bond donors (Lipinski definition) is 2. The molecule has 0 radical (unpaired) electrons. The first kappa shape index (κ1) is 21.8. The molecule has 7 nitrogen and oxygen atoms in total. The van der Waals surface area contributed by atoms with Crippen molar-refractivity contribution in [2.45, 2.75) is 24.5 Å². The van der Waals surface area contributed by atoms with Gasteiger partial charge in [0.2, 0.25) is 5.91 Å². The summed E-state index contributed by atoms with van der Waals surface area (Å²) >= 11 is 6.81. The lowest BCUT2D eigenvalue weighted by molar-refractivity contribution is -0.120. The van der Waals surface area contributed by atoms with Crippen molar-refractivity contribution in [2.75, 3.05) is 31.1 Å². The largest absolute Gasteiger partial charge is 0.375 e. The lowest BCUT2D eigenvalue weighted by atomic mass is 9.87. The molecule has 8 heteroatoms. The maximum atomic E-state index is 12.2. The summed E-state index contributed by atoms with van der Waals surface area (Å²) in [5.41, 5.74) is 8.59. The molecule has 3 N–H and O–H groups in total. The Morgan fingerprint density at radius 3 is 2.55 bits per heavy atom. The average Bonchev–Trinajstić information content (AvgIpc) is 3.65. The number of benzene rings is 2. The Balaban J connectivity index is 1.53. The third-order valence-electron chi connectivity index (χ3n) is 6.86. The Hall–Kier alpha value is -3.00. The number of nitrogens with zero attached hydrogens (tertiary/aromatic N) is 4. The van der Waals surface area contributed by atoms with Crippen LogP contribution in [0.5, 0.6) is 0 Å². The van der Waals surface area contributed by atoms with E-state index in [1.165, 1.54) is 0 Å². The molecule has 5 rings (SSSR count). The fourth-order valence-corrected chi connectivity index (χ4v) is 5.04. The number of anilines is 1. The Morgan fingerprint density at radius 2 is 1.88 bits per heavy atom. The minimum atomic E-state index is -0.637. The number of aliphatic hydroxyl groups is 1. The quantitative estimate of drug-likeness (QED) is 0.545. The van der Waals surface area contributed by atoms with E-state index in [4.69, 9.17) is 17.3 Å². The molecule has 2 aliphatic rings. The van der Waals surface area contributed by atoms with E-state index in [0.29, 0.717) is 18.1 Å². The number of carbonyl (C=O) groups is 1. The van der Waals surface area contributed by atoms with E-state index in [9.17, 15) is 9.90 Å². The molecule has 1 aliphatic carbocycles. The van der Waals surface area contributed by atoms with Gasteiger partial charge in [0.05, 0.1) is 10.9 Å². The molecule has 1 aliphatic heterocycles. The van der Waals surface area contributed by atoms with Crippen LogP contribution < -0.4 is 10.6 Å². The smallest absolute Gasteiger partial charge is 0.228 e. The summed E-state index contributed by atoms with van der Waals surface area (Å²) in [5, 5.41) is 11.5. The summed E-state index contributed by atoms with van der Waals surface area (Å²) in [6.07, 6.45) is 3.98. The summed E-state index contributed by atoms with van der Waals surface area (Å²) in [6.45, 7) is 6.51. The molecule has 1 unspecified atom stereocenters. The van der Waals surface area contributed by atoms with Gasteiger partial charge in [0.1, 0.15) is 18.4 Å². The number of fused-ring (bicyclic) bond motifs is 1. The Bertz CT molecular complexity index is 1230. The van der Waals surface area contributed by atoms with Crippen LogP contribution in [0.15, 0.2) is 55.4 Å². The van der Waals surface area contributed by atoms with Gasteiger partial charge in [0.25, 0.3) is 0 Å². The van der Waals surface area contributed by atoms with Crippen molar-refractivity contribution in [3.8, 4) is 11.1 Å². The molecule has 0 bridgehead atoms. The van der Waals surface area contributed by atoms with Gasteiger partial charge in [-0.1, -0.05) is 42.4 Å². The molecule has 2 aromatic carbocycles. The van der Waals surface area contributed by atoms with Gasteiger partial charge < -0.3 is 15.7 Å². The zero-order chi connectivity index (χ0) is 23.2. The fourth-order valence-electron chi connectivity index (χ4n) is 4.78. The highest BCUT2D eigenvalue weighted by Gasteiger charge is 2.51. The summed E-state index contributed by atoms with van der Waals surface area (Å²) in [5.74, 6) is 0.530. The number of piperazine rings is 1. The molecule has 2 fully saturated rings. The van der Waals surface area contributed by atoms with Gasteiger partial charge in [0.15, 0.2) is 0 Å². The predicted octanol–water partition coefficient (Wildman–Crippen LogP) is 3.09. The van der Waals surface area contributed by atoms with Crippen LogP contribution in [0.25, 0.3) is 22.0 Å². The molecule has 1 saturated heterocycles. The molecule has 1 saturated carbocycles. The van der Waals surface area contributed by atoms with E-state index in [-0.39, 0.29) is 5.91 Å². The zero-order valence-corrected chi connectivity index (χ0v) is 19.0. The molecule has 33 heavy (non-hydrogen) atoms. The second-order valence-corrected chi connectivity index (χ2v) is 9.12. The Kier molecular flexibility index (Phi) is 5.56. The average molecular weight is 464 g/mol. The van der Waals surface area contributed by atoms with Crippen LogP contribution in [0.1, 0.15) is 18.4 Å². The third-order valence-corrected chi connectivity index (χ3v) is 7.17. The maximum Gasteiger partial charge on any atom is 0.228 e. The van der Waals surface area contributed by atoms with Crippen molar-refractivity contribution >= 4 is 34.2 Å². The predicted molar refractivity (Wildman–Crippen MR) is 130 cm³/mol. The van der Waals surface area contributed by atoms with E-state index in [1.54, 1.807) is 12.4 Å². The number of aliphatic hydroxyl groups excluding tert-OH is 1. The van der Waals surface area contributed by atoms with Crippen LogP contribution in [0.4, 0.5) is 5.82 Å². The number of amides is 1. The van der Waals surface area contributed by atoms with Gasteiger partial charge >= 0.3 is 0 Å².